The molecule has 1 aromatic heterocycles. The quantitative estimate of drug-likeness (QED) is 0.780. The number of nitrogens with zero attached hydrogens (tertiary/aromatic N) is 1. The van der Waals surface area contributed by atoms with E-state index in [1.54, 1.807) is 11.3 Å². The number of hydrogen-bond donors (Lipinski definition) is 2. The topological polar surface area (TPSA) is 79.3 Å². The van der Waals surface area contributed by atoms with Gasteiger partial charge in [-0.15, -0.1) is 11.3 Å². The molecule has 1 heterocycles. The molecule has 2 aromatic rings. The predicted molar refractivity (Wildman–Crippen MR) is 97.3 cm³/mol. The molecule has 0 radical (unpaired) electrons. The molecule has 3 rings (SSSR count). The van der Waals surface area contributed by atoms with Crippen molar-refractivity contribution in [2.75, 3.05) is 6.54 Å². The monoisotopic (exact) mass is 356 g/mol. The zero-order valence-corrected chi connectivity index (χ0v) is 14.5. The summed E-state index contributed by atoms with van der Waals surface area (Å²) in [5, 5.41) is 15.1. The summed E-state index contributed by atoms with van der Waals surface area (Å²) in [5.41, 5.74) is 2.02. The number of benzene rings is 1. The highest BCUT2D eigenvalue weighted by atomic mass is 32.1. The molecule has 25 heavy (non-hydrogen) atoms. The van der Waals surface area contributed by atoms with E-state index in [4.69, 9.17) is 0 Å². The van der Waals surface area contributed by atoms with Crippen molar-refractivity contribution in [3.8, 4) is 10.6 Å². The summed E-state index contributed by atoms with van der Waals surface area (Å²) in [7, 11) is 0. The zero-order chi connectivity index (χ0) is 17.6. The molecule has 1 aliphatic rings. The van der Waals surface area contributed by atoms with E-state index in [9.17, 15) is 14.7 Å². The summed E-state index contributed by atoms with van der Waals surface area (Å²) in [5.74, 6) is -2.21. The van der Waals surface area contributed by atoms with Crippen LogP contribution < -0.4 is 5.32 Å². The number of aromatic nitrogens is 1. The summed E-state index contributed by atoms with van der Waals surface area (Å²) >= 11 is 1.58. The minimum atomic E-state index is -0.906. The van der Waals surface area contributed by atoms with Gasteiger partial charge in [0.1, 0.15) is 5.01 Å². The maximum Gasteiger partial charge on any atom is 0.307 e. The Morgan fingerprint density at radius 1 is 1.16 bits per heavy atom. The number of nitrogens with one attached hydrogen (secondary N) is 1. The average molecular weight is 356 g/mol. The molecule has 5 nitrogen and oxygen atoms in total. The van der Waals surface area contributed by atoms with Crippen LogP contribution in [0.4, 0.5) is 0 Å². The molecule has 0 spiro atoms. The largest absolute Gasteiger partial charge is 0.481 e. The maximum atomic E-state index is 12.3. The van der Waals surface area contributed by atoms with Crippen LogP contribution in [0.1, 0.15) is 18.5 Å². The van der Waals surface area contributed by atoms with Crippen LogP contribution in [-0.4, -0.2) is 28.5 Å². The summed E-state index contributed by atoms with van der Waals surface area (Å²) in [6.07, 6.45) is 5.26. The molecule has 130 valence electrons. The van der Waals surface area contributed by atoms with Gasteiger partial charge in [-0.1, -0.05) is 42.5 Å². The number of carbonyl (C=O) groups excluding carboxylic acids is 1. The van der Waals surface area contributed by atoms with Gasteiger partial charge in [0.15, 0.2) is 0 Å². The van der Waals surface area contributed by atoms with E-state index >= 15 is 0 Å². The Hall–Kier alpha value is -2.47. The van der Waals surface area contributed by atoms with Crippen LogP contribution in [0, 0.1) is 11.8 Å². The minimum Gasteiger partial charge on any atom is -0.481 e. The number of allylic oxidation sites excluding steroid dienone is 2. The molecule has 0 fully saturated rings. The normalized spacial score (nSPS) is 19.5. The van der Waals surface area contributed by atoms with Crippen LogP contribution >= 0.6 is 11.3 Å². The van der Waals surface area contributed by atoms with E-state index in [0.29, 0.717) is 25.8 Å². The Balaban J connectivity index is 1.53. The van der Waals surface area contributed by atoms with Crippen molar-refractivity contribution in [3.63, 3.8) is 0 Å². The highest BCUT2D eigenvalue weighted by molar-refractivity contribution is 7.13. The van der Waals surface area contributed by atoms with Crippen LogP contribution in [0.15, 0.2) is 47.9 Å². The first kappa shape index (κ1) is 17.4. The standard InChI is InChI=1S/C19H20N2O3S/c22-17(15-8-4-5-9-16(15)19(23)24)20-11-10-14-12-25-18(21-14)13-6-2-1-3-7-13/h1-7,12,15-16H,8-11H2,(H,20,22)(H,23,24)/t15-,16-/m0/s1. The molecule has 2 N–H and O–H groups in total. The van der Waals surface area contributed by atoms with Crippen molar-refractivity contribution >= 4 is 23.2 Å². The molecule has 0 unspecified atom stereocenters. The highest BCUT2D eigenvalue weighted by Crippen LogP contribution is 2.26. The van der Waals surface area contributed by atoms with Crippen LogP contribution in [0.3, 0.4) is 0 Å². The SMILES string of the molecule is O=C(O)[C@H]1CC=CC[C@@H]1C(=O)NCCc1csc(-c2ccccc2)n1. The van der Waals surface area contributed by atoms with Crippen molar-refractivity contribution < 1.29 is 14.7 Å². The Morgan fingerprint density at radius 3 is 2.60 bits per heavy atom. The summed E-state index contributed by atoms with van der Waals surface area (Å²) in [6, 6.07) is 9.97. The molecule has 0 saturated heterocycles. The third-order valence-corrected chi connectivity index (χ3v) is 5.28. The minimum absolute atomic E-state index is 0.185. The van der Waals surface area contributed by atoms with E-state index < -0.39 is 17.8 Å². The molecule has 1 amide bonds. The van der Waals surface area contributed by atoms with Crippen LogP contribution in [0.5, 0.6) is 0 Å². The second-order valence-electron chi connectivity index (χ2n) is 6.05. The predicted octanol–water partition coefficient (Wildman–Crippen LogP) is 3.14. The molecule has 0 bridgehead atoms. The number of aliphatic carboxylic acids is 1. The van der Waals surface area contributed by atoms with Gasteiger partial charge in [-0.2, -0.15) is 0 Å². The van der Waals surface area contributed by atoms with Gasteiger partial charge in [-0.25, -0.2) is 4.98 Å². The fourth-order valence-electron chi connectivity index (χ4n) is 2.96. The van der Waals surface area contributed by atoms with Crippen molar-refractivity contribution in [2.24, 2.45) is 11.8 Å². The van der Waals surface area contributed by atoms with E-state index in [2.05, 4.69) is 10.3 Å². The van der Waals surface area contributed by atoms with Crippen molar-refractivity contribution in [2.45, 2.75) is 19.3 Å². The van der Waals surface area contributed by atoms with Gasteiger partial charge in [-0.3, -0.25) is 9.59 Å². The summed E-state index contributed by atoms with van der Waals surface area (Å²) in [4.78, 5) is 28.2. The first-order chi connectivity index (χ1) is 12.1. The van der Waals surface area contributed by atoms with Gasteiger partial charge < -0.3 is 10.4 Å². The van der Waals surface area contributed by atoms with E-state index in [1.165, 1.54) is 0 Å². The first-order valence-electron chi connectivity index (χ1n) is 8.30. The lowest BCUT2D eigenvalue weighted by Gasteiger charge is -2.24. The van der Waals surface area contributed by atoms with Crippen molar-refractivity contribution in [1.29, 1.82) is 0 Å². The van der Waals surface area contributed by atoms with Crippen LogP contribution in [0.2, 0.25) is 0 Å². The molecular formula is C19H20N2O3S. The second kappa shape index (κ2) is 8.07. The van der Waals surface area contributed by atoms with Crippen molar-refractivity contribution in [3.05, 3.63) is 53.6 Å². The lowest BCUT2D eigenvalue weighted by molar-refractivity contribution is -0.147. The molecule has 1 aliphatic carbocycles. The number of carboxylic acid groups (broad SMARTS) is 1. The second-order valence-corrected chi connectivity index (χ2v) is 6.90. The molecule has 0 saturated carbocycles. The first-order valence-corrected chi connectivity index (χ1v) is 9.18. The Bertz CT molecular complexity index is 770. The van der Waals surface area contributed by atoms with Gasteiger partial charge in [0.2, 0.25) is 5.91 Å². The van der Waals surface area contributed by atoms with E-state index in [1.807, 2.05) is 47.9 Å². The fourth-order valence-corrected chi connectivity index (χ4v) is 3.82. The Kier molecular flexibility index (Phi) is 5.60. The van der Waals surface area contributed by atoms with Gasteiger partial charge >= 0.3 is 5.97 Å². The van der Waals surface area contributed by atoms with Gasteiger partial charge in [0.05, 0.1) is 17.5 Å². The number of thiazole rings is 1. The maximum absolute atomic E-state index is 12.3. The molecule has 1 aromatic carbocycles. The summed E-state index contributed by atoms with van der Waals surface area (Å²) in [6.45, 7) is 0.462. The Labute approximate surface area is 150 Å². The number of carboxylic acids is 1. The molecule has 6 heteroatoms. The van der Waals surface area contributed by atoms with E-state index in [-0.39, 0.29) is 5.91 Å². The molecule has 2 atom stereocenters. The average Bonchev–Trinajstić information content (AvgIpc) is 3.11. The lowest BCUT2D eigenvalue weighted by Crippen LogP contribution is -2.39. The molecule has 0 aliphatic heterocycles. The summed E-state index contributed by atoms with van der Waals surface area (Å²) < 4.78 is 0. The number of hydrogen-bond acceptors (Lipinski definition) is 4. The van der Waals surface area contributed by atoms with Gasteiger partial charge in [0, 0.05) is 23.9 Å². The highest BCUT2D eigenvalue weighted by Gasteiger charge is 2.33. The lowest BCUT2D eigenvalue weighted by atomic mass is 9.82. The fraction of sp³-hybridized carbons (Fsp3) is 0.316. The molecular weight excluding hydrogens is 336 g/mol. The van der Waals surface area contributed by atoms with Crippen LogP contribution in [-0.2, 0) is 16.0 Å². The third-order valence-electron chi connectivity index (χ3n) is 4.34. The zero-order valence-electron chi connectivity index (χ0n) is 13.7. The van der Waals surface area contributed by atoms with Crippen molar-refractivity contribution in [1.82, 2.24) is 10.3 Å². The smallest absolute Gasteiger partial charge is 0.307 e. The number of amides is 1. The number of carbonyl (C=O) groups is 2. The van der Waals surface area contributed by atoms with Gasteiger partial charge in [0.25, 0.3) is 0 Å². The number of rotatable bonds is 6. The van der Waals surface area contributed by atoms with Crippen LogP contribution in [0.25, 0.3) is 10.6 Å². The third kappa shape index (κ3) is 4.33. The van der Waals surface area contributed by atoms with Gasteiger partial charge in [-0.05, 0) is 12.8 Å². The van der Waals surface area contributed by atoms with E-state index in [0.717, 1.165) is 16.3 Å². The Morgan fingerprint density at radius 2 is 1.88 bits per heavy atom.